The molecule has 1 aliphatic heterocycles. The SMILES string of the molecule is COc1cccc2c(=O)c3c(sc12)c(N1CCNCC1)nc1ccccc13. The van der Waals surface area contributed by atoms with Gasteiger partial charge in [0.25, 0.3) is 0 Å². The Balaban J connectivity index is 1.97. The largest absolute Gasteiger partial charge is 0.495 e. The molecule has 27 heavy (non-hydrogen) atoms. The van der Waals surface area contributed by atoms with Crippen molar-refractivity contribution in [2.75, 3.05) is 38.2 Å². The third kappa shape index (κ3) is 2.56. The monoisotopic (exact) mass is 377 g/mol. The Morgan fingerprint density at radius 1 is 1.04 bits per heavy atom. The van der Waals surface area contributed by atoms with Crippen LogP contribution in [0.5, 0.6) is 5.75 Å². The number of benzene rings is 2. The average Bonchev–Trinajstić information content (AvgIpc) is 2.73. The minimum atomic E-state index is 0.0487. The maximum Gasteiger partial charge on any atom is 0.196 e. The molecule has 5 rings (SSSR count). The van der Waals surface area contributed by atoms with Crippen LogP contribution < -0.4 is 20.4 Å². The number of fused-ring (bicyclic) bond motifs is 4. The van der Waals surface area contributed by atoms with E-state index in [-0.39, 0.29) is 5.43 Å². The Morgan fingerprint density at radius 2 is 1.81 bits per heavy atom. The summed E-state index contributed by atoms with van der Waals surface area (Å²) in [6.07, 6.45) is 0. The zero-order valence-electron chi connectivity index (χ0n) is 15.0. The summed E-state index contributed by atoms with van der Waals surface area (Å²) < 4.78 is 7.35. The second-order valence-electron chi connectivity index (χ2n) is 6.66. The van der Waals surface area contributed by atoms with Crippen molar-refractivity contribution in [2.45, 2.75) is 0 Å². The van der Waals surface area contributed by atoms with Gasteiger partial charge in [-0.1, -0.05) is 24.3 Å². The van der Waals surface area contributed by atoms with Gasteiger partial charge in [0.05, 0.1) is 27.4 Å². The molecule has 2 aromatic heterocycles. The van der Waals surface area contributed by atoms with Crippen molar-refractivity contribution in [1.29, 1.82) is 0 Å². The Bertz CT molecular complexity index is 1230. The molecule has 3 heterocycles. The van der Waals surface area contributed by atoms with Crippen LogP contribution in [0, 0.1) is 0 Å². The molecule has 1 aliphatic rings. The summed E-state index contributed by atoms with van der Waals surface area (Å²) in [6, 6.07) is 13.6. The lowest BCUT2D eigenvalue weighted by Crippen LogP contribution is -2.44. The van der Waals surface area contributed by atoms with E-state index < -0.39 is 0 Å². The van der Waals surface area contributed by atoms with Crippen molar-refractivity contribution < 1.29 is 4.74 Å². The number of para-hydroxylation sites is 1. The van der Waals surface area contributed by atoms with E-state index in [0.29, 0.717) is 5.39 Å². The molecule has 1 N–H and O–H groups in total. The predicted octanol–water partition coefficient (Wildman–Crippen LogP) is 3.38. The van der Waals surface area contributed by atoms with Gasteiger partial charge in [-0.05, 0) is 18.2 Å². The summed E-state index contributed by atoms with van der Waals surface area (Å²) in [5, 5.41) is 5.76. The lowest BCUT2D eigenvalue weighted by atomic mass is 10.1. The van der Waals surface area contributed by atoms with Gasteiger partial charge in [-0.25, -0.2) is 4.98 Å². The Labute approximate surface area is 160 Å². The molecule has 0 spiro atoms. The molecule has 0 amide bonds. The number of hydrogen-bond acceptors (Lipinski definition) is 6. The highest BCUT2D eigenvalue weighted by atomic mass is 32.1. The number of methoxy groups -OCH3 is 1. The third-order valence-electron chi connectivity index (χ3n) is 5.12. The molecule has 0 aliphatic carbocycles. The first kappa shape index (κ1) is 16.5. The maximum absolute atomic E-state index is 13.5. The van der Waals surface area contributed by atoms with Crippen LogP contribution in [0.3, 0.4) is 0 Å². The van der Waals surface area contributed by atoms with Crippen molar-refractivity contribution >= 4 is 48.2 Å². The second kappa shape index (κ2) is 6.48. The van der Waals surface area contributed by atoms with Crippen molar-refractivity contribution in [1.82, 2.24) is 10.3 Å². The number of nitrogens with zero attached hydrogens (tertiary/aromatic N) is 2. The fraction of sp³-hybridized carbons (Fsp3) is 0.238. The predicted molar refractivity (Wildman–Crippen MR) is 113 cm³/mol. The topological polar surface area (TPSA) is 54.5 Å². The van der Waals surface area contributed by atoms with Crippen LogP contribution in [0.4, 0.5) is 5.82 Å². The van der Waals surface area contributed by atoms with Gasteiger partial charge >= 0.3 is 0 Å². The standard InChI is InChI=1S/C21H19N3O2S/c1-26-16-8-4-6-14-18(25)17-13-5-2-3-7-15(13)23-21(20(17)27-19(14)16)24-11-9-22-10-12-24/h2-8,22H,9-12H2,1H3. The van der Waals surface area contributed by atoms with Gasteiger partial charge in [-0.3, -0.25) is 4.79 Å². The number of nitrogens with one attached hydrogen (secondary N) is 1. The second-order valence-corrected chi connectivity index (χ2v) is 7.68. The van der Waals surface area contributed by atoms with Crippen molar-refractivity contribution in [3.63, 3.8) is 0 Å². The minimum Gasteiger partial charge on any atom is -0.495 e. The molecule has 0 unspecified atom stereocenters. The summed E-state index contributed by atoms with van der Waals surface area (Å²) in [5.74, 6) is 1.64. The molecule has 5 nitrogen and oxygen atoms in total. The van der Waals surface area contributed by atoms with Gasteiger partial charge in [0.2, 0.25) is 0 Å². The Kier molecular flexibility index (Phi) is 3.95. The number of rotatable bonds is 2. The van der Waals surface area contributed by atoms with E-state index in [4.69, 9.17) is 9.72 Å². The third-order valence-corrected chi connectivity index (χ3v) is 6.34. The quantitative estimate of drug-likeness (QED) is 0.429. The fourth-order valence-electron chi connectivity index (χ4n) is 3.79. The van der Waals surface area contributed by atoms with Gasteiger partial charge in [-0.2, -0.15) is 0 Å². The number of hydrogen-bond donors (Lipinski definition) is 1. The van der Waals surface area contributed by atoms with Crippen molar-refractivity contribution in [3.05, 3.63) is 52.7 Å². The van der Waals surface area contributed by atoms with Crippen LogP contribution >= 0.6 is 11.3 Å². The van der Waals surface area contributed by atoms with E-state index >= 15 is 0 Å². The molecule has 2 aromatic carbocycles. The van der Waals surface area contributed by atoms with Gasteiger partial charge in [0.1, 0.15) is 11.6 Å². The molecule has 1 fully saturated rings. The minimum absolute atomic E-state index is 0.0487. The van der Waals surface area contributed by atoms with E-state index in [1.165, 1.54) is 0 Å². The van der Waals surface area contributed by atoms with Crippen molar-refractivity contribution in [3.8, 4) is 5.75 Å². The molecular weight excluding hydrogens is 358 g/mol. The molecule has 136 valence electrons. The highest BCUT2D eigenvalue weighted by Gasteiger charge is 2.21. The van der Waals surface area contributed by atoms with E-state index in [1.54, 1.807) is 18.4 Å². The van der Waals surface area contributed by atoms with E-state index in [9.17, 15) is 4.79 Å². The summed E-state index contributed by atoms with van der Waals surface area (Å²) in [4.78, 5) is 20.7. The van der Waals surface area contributed by atoms with E-state index in [2.05, 4.69) is 10.2 Å². The first-order valence-electron chi connectivity index (χ1n) is 9.06. The highest BCUT2D eigenvalue weighted by molar-refractivity contribution is 7.25. The number of aromatic nitrogens is 1. The summed E-state index contributed by atoms with van der Waals surface area (Å²) in [7, 11) is 1.64. The van der Waals surface area contributed by atoms with Crippen LogP contribution in [-0.4, -0.2) is 38.3 Å². The molecule has 0 radical (unpaired) electrons. The average molecular weight is 377 g/mol. The highest BCUT2D eigenvalue weighted by Crippen LogP contribution is 2.38. The lowest BCUT2D eigenvalue weighted by Gasteiger charge is -2.29. The van der Waals surface area contributed by atoms with E-state index in [0.717, 1.165) is 63.4 Å². The van der Waals surface area contributed by atoms with Gasteiger partial charge < -0.3 is 15.0 Å². The number of ether oxygens (including phenoxy) is 1. The van der Waals surface area contributed by atoms with Crippen molar-refractivity contribution in [2.24, 2.45) is 0 Å². The Morgan fingerprint density at radius 3 is 2.63 bits per heavy atom. The Hall–Kier alpha value is -2.70. The summed E-state index contributed by atoms with van der Waals surface area (Å²) in [5.41, 5.74) is 0.915. The summed E-state index contributed by atoms with van der Waals surface area (Å²) in [6.45, 7) is 3.60. The number of anilines is 1. The molecular formula is C21H19N3O2S. The maximum atomic E-state index is 13.5. The normalized spacial score (nSPS) is 14.9. The van der Waals surface area contributed by atoms with Crippen LogP contribution in [0.15, 0.2) is 47.3 Å². The number of pyridine rings is 1. The first-order valence-corrected chi connectivity index (χ1v) is 9.87. The van der Waals surface area contributed by atoms with Gasteiger partial charge in [0, 0.05) is 37.0 Å². The summed E-state index contributed by atoms with van der Waals surface area (Å²) >= 11 is 1.60. The van der Waals surface area contributed by atoms with E-state index in [1.807, 2.05) is 42.5 Å². The molecule has 0 bridgehead atoms. The number of piperazine rings is 1. The molecule has 0 atom stereocenters. The van der Waals surface area contributed by atoms with Gasteiger partial charge in [0.15, 0.2) is 5.43 Å². The van der Waals surface area contributed by atoms with Crippen LogP contribution in [0.25, 0.3) is 31.1 Å². The van der Waals surface area contributed by atoms with Gasteiger partial charge in [-0.15, -0.1) is 11.3 Å². The van der Waals surface area contributed by atoms with Crippen LogP contribution in [0.2, 0.25) is 0 Å². The zero-order chi connectivity index (χ0) is 18.4. The smallest absolute Gasteiger partial charge is 0.196 e. The molecule has 1 saturated heterocycles. The molecule has 4 aromatic rings. The molecule has 6 heteroatoms. The fourth-order valence-corrected chi connectivity index (χ4v) is 5.09. The molecule has 0 saturated carbocycles. The first-order chi connectivity index (χ1) is 13.3. The lowest BCUT2D eigenvalue weighted by molar-refractivity contribution is 0.420. The van der Waals surface area contributed by atoms with Crippen LogP contribution in [0.1, 0.15) is 0 Å². The van der Waals surface area contributed by atoms with Crippen LogP contribution in [-0.2, 0) is 0 Å². The zero-order valence-corrected chi connectivity index (χ0v) is 15.8.